The molecule has 2 aliphatic heterocycles. The summed E-state index contributed by atoms with van der Waals surface area (Å²) in [7, 11) is 2.90. The normalized spacial score (nSPS) is 19.3. The number of amides is 3. The molecule has 0 bridgehead atoms. The first-order valence-electron chi connectivity index (χ1n) is 9.97. The van der Waals surface area contributed by atoms with Crippen LogP contribution in [0.3, 0.4) is 0 Å². The monoisotopic (exact) mass is 455 g/mol. The van der Waals surface area contributed by atoms with Gasteiger partial charge in [-0.1, -0.05) is 29.8 Å². The Balaban J connectivity index is 1.85. The van der Waals surface area contributed by atoms with Gasteiger partial charge in [-0.25, -0.2) is 0 Å². The average Bonchev–Trinajstić information content (AvgIpc) is 3.15. The molecule has 166 valence electrons. The Labute approximate surface area is 190 Å². The van der Waals surface area contributed by atoms with Crippen molar-refractivity contribution in [3.05, 3.63) is 59.6 Å². The second-order valence-corrected chi connectivity index (χ2v) is 7.82. The van der Waals surface area contributed by atoms with E-state index >= 15 is 0 Å². The Morgan fingerprint density at radius 2 is 1.94 bits per heavy atom. The van der Waals surface area contributed by atoms with Gasteiger partial charge in [0, 0.05) is 31.5 Å². The number of carbonyl (C=O) groups is 3. The van der Waals surface area contributed by atoms with Crippen molar-refractivity contribution in [2.24, 2.45) is 0 Å². The number of benzene rings is 2. The van der Waals surface area contributed by atoms with E-state index in [-0.39, 0.29) is 31.2 Å². The smallest absolute Gasteiger partial charge is 0.271 e. The van der Waals surface area contributed by atoms with Crippen LogP contribution < -0.4 is 19.7 Å². The second-order valence-electron chi connectivity index (χ2n) is 7.41. The fourth-order valence-electron chi connectivity index (χ4n) is 4.34. The number of anilines is 2. The average molecular weight is 456 g/mol. The fourth-order valence-corrected chi connectivity index (χ4v) is 4.58. The van der Waals surface area contributed by atoms with Gasteiger partial charge in [-0.3, -0.25) is 19.3 Å². The van der Waals surface area contributed by atoms with Gasteiger partial charge in [-0.2, -0.15) is 0 Å². The minimum absolute atomic E-state index is 0.0887. The zero-order chi connectivity index (χ0) is 23.0. The lowest BCUT2D eigenvalue weighted by Gasteiger charge is -2.48. The third-order valence-electron chi connectivity index (χ3n) is 5.77. The van der Waals surface area contributed by atoms with E-state index in [1.165, 1.54) is 42.2 Å². The van der Waals surface area contributed by atoms with Gasteiger partial charge in [0.1, 0.15) is 11.5 Å². The Morgan fingerprint density at radius 1 is 1.22 bits per heavy atom. The van der Waals surface area contributed by atoms with Crippen LogP contribution in [-0.2, 0) is 9.59 Å². The SMILES string of the molecule is C=CCN1C(=O)c2ccccc2N2C(=O)CCC12C(=O)Nc1cc(OC)c(Cl)cc1OC. The minimum Gasteiger partial charge on any atom is -0.495 e. The van der Waals surface area contributed by atoms with Crippen molar-refractivity contribution in [3.63, 3.8) is 0 Å². The lowest BCUT2D eigenvalue weighted by atomic mass is 9.95. The lowest BCUT2D eigenvalue weighted by Crippen LogP contribution is -2.69. The van der Waals surface area contributed by atoms with Crippen molar-refractivity contribution < 1.29 is 23.9 Å². The van der Waals surface area contributed by atoms with Crippen LogP contribution in [0.4, 0.5) is 11.4 Å². The van der Waals surface area contributed by atoms with E-state index in [0.29, 0.717) is 33.5 Å². The third-order valence-corrected chi connectivity index (χ3v) is 6.07. The molecular formula is C23H22ClN3O5. The molecule has 2 heterocycles. The Morgan fingerprint density at radius 3 is 2.62 bits per heavy atom. The molecule has 2 aromatic rings. The van der Waals surface area contributed by atoms with Gasteiger partial charge >= 0.3 is 0 Å². The summed E-state index contributed by atoms with van der Waals surface area (Å²) in [6.45, 7) is 3.82. The molecule has 1 fully saturated rings. The largest absolute Gasteiger partial charge is 0.495 e. The molecule has 1 atom stereocenters. The summed E-state index contributed by atoms with van der Waals surface area (Å²) >= 11 is 6.18. The number of carbonyl (C=O) groups excluding carboxylic acids is 3. The molecule has 0 aromatic heterocycles. The van der Waals surface area contributed by atoms with E-state index in [4.69, 9.17) is 21.1 Å². The number of nitrogens with one attached hydrogen (secondary N) is 1. The highest BCUT2D eigenvalue weighted by molar-refractivity contribution is 6.32. The van der Waals surface area contributed by atoms with Crippen molar-refractivity contribution >= 4 is 40.7 Å². The molecule has 0 aliphatic carbocycles. The Bertz CT molecular complexity index is 1130. The first-order valence-corrected chi connectivity index (χ1v) is 10.3. The molecule has 1 N–H and O–H groups in total. The Kier molecular flexibility index (Phi) is 5.56. The summed E-state index contributed by atoms with van der Waals surface area (Å²) in [6, 6.07) is 9.84. The summed E-state index contributed by atoms with van der Waals surface area (Å²) in [4.78, 5) is 43.0. The van der Waals surface area contributed by atoms with Crippen LogP contribution in [0.2, 0.25) is 5.02 Å². The van der Waals surface area contributed by atoms with Gasteiger partial charge in [-0.05, 0) is 12.1 Å². The van der Waals surface area contributed by atoms with E-state index in [1.54, 1.807) is 24.3 Å². The second kappa shape index (κ2) is 8.20. The van der Waals surface area contributed by atoms with Crippen molar-refractivity contribution in [3.8, 4) is 11.5 Å². The summed E-state index contributed by atoms with van der Waals surface area (Å²) in [5.41, 5.74) is -0.471. The number of rotatable bonds is 6. The van der Waals surface area contributed by atoms with E-state index < -0.39 is 11.6 Å². The van der Waals surface area contributed by atoms with Crippen LogP contribution in [0, 0.1) is 0 Å². The van der Waals surface area contributed by atoms with Gasteiger partial charge in [0.15, 0.2) is 0 Å². The maximum Gasteiger partial charge on any atom is 0.271 e. The van der Waals surface area contributed by atoms with E-state index in [2.05, 4.69) is 11.9 Å². The van der Waals surface area contributed by atoms with Crippen LogP contribution in [0.25, 0.3) is 0 Å². The van der Waals surface area contributed by atoms with Crippen molar-refractivity contribution in [1.29, 1.82) is 0 Å². The highest BCUT2D eigenvalue weighted by Crippen LogP contribution is 2.45. The molecule has 3 amide bonds. The first kappa shape index (κ1) is 21.7. The zero-order valence-electron chi connectivity index (χ0n) is 17.7. The molecule has 32 heavy (non-hydrogen) atoms. The van der Waals surface area contributed by atoms with Crippen molar-refractivity contribution in [1.82, 2.24) is 4.90 Å². The van der Waals surface area contributed by atoms with Gasteiger partial charge in [-0.15, -0.1) is 6.58 Å². The molecule has 8 nitrogen and oxygen atoms in total. The van der Waals surface area contributed by atoms with Gasteiger partial charge in [0.05, 0.1) is 36.2 Å². The summed E-state index contributed by atoms with van der Waals surface area (Å²) < 4.78 is 10.6. The molecule has 0 saturated carbocycles. The summed E-state index contributed by atoms with van der Waals surface area (Å²) in [6.07, 6.45) is 1.79. The molecule has 9 heteroatoms. The molecule has 0 radical (unpaired) electrons. The highest BCUT2D eigenvalue weighted by Gasteiger charge is 2.60. The summed E-state index contributed by atoms with van der Waals surface area (Å²) in [5.74, 6) is -0.477. The third kappa shape index (κ3) is 3.10. The van der Waals surface area contributed by atoms with Crippen LogP contribution >= 0.6 is 11.6 Å². The number of para-hydroxylation sites is 1. The minimum atomic E-state index is -1.55. The predicted octanol–water partition coefficient (Wildman–Crippen LogP) is 3.46. The lowest BCUT2D eigenvalue weighted by molar-refractivity contribution is -0.128. The molecule has 2 aromatic carbocycles. The number of nitrogens with zero attached hydrogens (tertiary/aromatic N) is 2. The molecule has 0 spiro atoms. The van der Waals surface area contributed by atoms with Crippen molar-refractivity contribution in [2.75, 3.05) is 31.0 Å². The number of methoxy groups -OCH3 is 2. The van der Waals surface area contributed by atoms with E-state index in [9.17, 15) is 14.4 Å². The van der Waals surface area contributed by atoms with Crippen LogP contribution in [0.1, 0.15) is 23.2 Å². The molecule has 4 rings (SSSR count). The van der Waals surface area contributed by atoms with Crippen molar-refractivity contribution in [2.45, 2.75) is 18.5 Å². The fraction of sp³-hybridized carbons (Fsp3) is 0.261. The molecule has 2 aliphatic rings. The van der Waals surface area contributed by atoms with Gasteiger partial charge in [0.25, 0.3) is 11.8 Å². The number of hydrogen-bond donors (Lipinski definition) is 1. The van der Waals surface area contributed by atoms with Crippen LogP contribution in [-0.4, -0.2) is 49.0 Å². The Hall–Kier alpha value is -3.52. The predicted molar refractivity (Wildman–Crippen MR) is 120 cm³/mol. The zero-order valence-corrected chi connectivity index (χ0v) is 18.4. The number of fused-ring (bicyclic) bond motifs is 3. The molecule has 1 saturated heterocycles. The number of halogens is 1. The number of hydrogen-bond acceptors (Lipinski definition) is 5. The maximum absolute atomic E-state index is 13.8. The van der Waals surface area contributed by atoms with Gasteiger partial charge in [0.2, 0.25) is 11.6 Å². The van der Waals surface area contributed by atoms with E-state index in [0.717, 1.165) is 0 Å². The van der Waals surface area contributed by atoms with Crippen LogP contribution in [0.15, 0.2) is 49.1 Å². The molecule has 1 unspecified atom stereocenters. The van der Waals surface area contributed by atoms with E-state index in [1.807, 2.05) is 0 Å². The topological polar surface area (TPSA) is 88.2 Å². The standard InChI is InChI=1S/C23H22ClN3O5/c1-4-11-26-21(29)14-7-5-6-8-17(14)27-20(28)9-10-23(26,27)22(30)25-16-13-18(31-2)15(24)12-19(16)32-3/h4-8,12-13H,1,9-11H2,2-3H3,(H,25,30). The quantitative estimate of drug-likeness (QED) is 0.674. The first-order chi connectivity index (χ1) is 15.4. The summed E-state index contributed by atoms with van der Waals surface area (Å²) in [5, 5.41) is 3.14. The maximum atomic E-state index is 13.8. The highest BCUT2D eigenvalue weighted by atomic mass is 35.5. The van der Waals surface area contributed by atoms with Gasteiger partial charge < -0.3 is 19.7 Å². The van der Waals surface area contributed by atoms with Crippen LogP contribution in [0.5, 0.6) is 11.5 Å². The number of ether oxygens (including phenoxy) is 2. The molecular weight excluding hydrogens is 434 g/mol.